The Hall–Kier alpha value is -4.95. The van der Waals surface area contributed by atoms with Crippen LogP contribution in [0.3, 0.4) is 0 Å². The summed E-state index contributed by atoms with van der Waals surface area (Å²) in [7, 11) is 1.60. The fourth-order valence-electron chi connectivity index (χ4n) is 8.27. The lowest BCUT2D eigenvalue weighted by Gasteiger charge is -2.47. The number of hydrogen-bond donors (Lipinski definition) is 0. The number of nitrogens with zero attached hydrogens (tertiary/aromatic N) is 1. The monoisotopic (exact) mass is 829 g/mol. The summed E-state index contributed by atoms with van der Waals surface area (Å²) in [6.45, 7) is 3.98. The van der Waals surface area contributed by atoms with Crippen LogP contribution in [0.15, 0.2) is 152 Å². The van der Waals surface area contributed by atoms with Crippen LogP contribution in [-0.4, -0.2) is 86.6 Å². The molecule has 0 aliphatic carbocycles. The minimum absolute atomic E-state index is 0.0170. The summed E-state index contributed by atoms with van der Waals surface area (Å²) in [6.07, 6.45) is -5.79. The second-order valence-electron chi connectivity index (χ2n) is 15.8. The first-order valence-electron chi connectivity index (χ1n) is 21.1. The van der Waals surface area contributed by atoms with Gasteiger partial charge in [-0.3, -0.25) is 4.90 Å². The van der Waals surface area contributed by atoms with E-state index in [4.69, 9.17) is 42.6 Å². The predicted molar refractivity (Wildman–Crippen MR) is 227 cm³/mol. The lowest BCUT2D eigenvalue weighted by molar-refractivity contribution is -0.333. The molecular weight excluding hydrogens is 775 g/mol. The maximum absolute atomic E-state index is 13.7. The van der Waals surface area contributed by atoms with E-state index in [9.17, 15) is 4.79 Å². The van der Waals surface area contributed by atoms with E-state index in [1.807, 2.05) is 159 Å². The molecule has 0 bridgehead atoms. The molecule has 1 amide bonds. The van der Waals surface area contributed by atoms with Gasteiger partial charge in [0.05, 0.1) is 45.7 Å². The number of rotatable bonds is 19. The highest BCUT2D eigenvalue weighted by Crippen LogP contribution is 2.39. The van der Waals surface area contributed by atoms with Gasteiger partial charge in [-0.1, -0.05) is 159 Å². The molecule has 11 heteroatoms. The topological polar surface area (TPSA) is 103 Å². The first-order chi connectivity index (χ1) is 30.0. The third-order valence-electron chi connectivity index (χ3n) is 11.6. The quantitative estimate of drug-likeness (QED) is 0.0812. The van der Waals surface area contributed by atoms with Gasteiger partial charge in [-0.05, 0) is 27.8 Å². The van der Waals surface area contributed by atoms with Gasteiger partial charge in [0.2, 0.25) is 0 Å². The third kappa shape index (κ3) is 10.9. The highest BCUT2D eigenvalue weighted by Gasteiger charge is 2.56. The van der Waals surface area contributed by atoms with Crippen LogP contribution in [0.4, 0.5) is 4.79 Å². The van der Waals surface area contributed by atoms with Crippen molar-refractivity contribution in [3.05, 3.63) is 179 Å². The number of amides is 1. The van der Waals surface area contributed by atoms with E-state index >= 15 is 0 Å². The van der Waals surface area contributed by atoms with Gasteiger partial charge >= 0.3 is 6.09 Å². The highest BCUT2D eigenvalue weighted by atomic mass is 16.7. The third-order valence-corrected chi connectivity index (χ3v) is 11.6. The van der Waals surface area contributed by atoms with Crippen LogP contribution < -0.4 is 0 Å². The second-order valence-corrected chi connectivity index (χ2v) is 15.8. The average molecular weight is 830 g/mol. The molecule has 5 aromatic rings. The van der Waals surface area contributed by atoms with Gasteiger partial charge < -0.3 is 42.6 Å². The summed E-state index contributed by atoms with van der Waals surface area (Å²) in [5, 5.41) is 0. The number of ether oxygens (including phenoxy) is 9. The van der Waals surface area contributed by atoms with Crippen molar-refractivity contribution in [1.29, 1.82) is 0 Å². The number of hydrogen-bond acceptors (Lipinski definition) is 10. The summed E-state index contributed by atoms with van der Waals surface area (Å²) in [5.74, 6) is -0.186. The van der Waals surface area contributed by atoms with E-state index in [1.165, 1.54) is 0 Å². The average Bonchev–Trinajstić information content (AvgIpc) is 3.64. The Morgan fingerprint density at radius 1 is 0.508 bits per heavy atom. The van der Waals surface area contributed by atoms with Crippen molar-refractivity contribution < 1.29 is 47.4 Å². The molecule has 0 aromatic heterocycles. The van der Waals surface area contributed by atoms with Gasteiger partial charge in [0.15, 0.2) is 12.6 Å². The first-order valence-corrected chi connectivity index (χ1v) is 21.1. The molecule has 0 saturated carbocycles. The normalized spacial score (nSPS) is 27.4. The van der Waals surface area contributed by atoms with Crippen molar-refractivity contribution in [1.82, 2.24) is 4.90 Å². The Morgan fingerprint density at radius 3 is 1.49 bits per heavy atom. The summed E-state index contributed by atoms with van der Waals surface area (Å²) in [4.78, 5) is 15.4. The fraction of sp³-hybridized carbons (Fsp3) is 0.380. The molecule has 0 radical (unpaired) electrons. The SMILES string of the molecule is CO[C@@H]1OC(COC2OC(COCc3ccccc3)[C@H](C)[C@@H]3OC(=O)N(Cc4ccccc4)C23)[C@@H](OCc2ccccc2)[C@H](OCc2ccccc2)C1OCc1ccccc1. The van der Waals surface area contributed by atoms with Crippen LogP contribution in [0.25, 0.3) is 0 Å². The maximum Gasteiger partial charge on any atom is 0.410 e. The van der Waals surface area contributed by atoms with E-state index < -0.39 is 61.3 Å². The van der Waals surface area contributed by atoms with Gasteiger partial charge in [-0.15, -0.1) is 0 Å². The summed E-state index contributed by atoms with van der Waals surface area (Å²) in [5.41, 5.74) is 5.01. The zero-order valence-corrected chi connectivity index (χ0v) is 34.7. The lowest BCUT2D eigenvalue weighted by Crippen LogP contribution is -2.63. The second kappa shape index (κ2) is 21.2. The van der Waals surface area contributed by atoms with Gasteiger partial charge in [-0.2, -0.15) is 0 Å². The molecule has 3 fully saturated rings. The molecule has 5 aromatic carbocycles. The van der Waals surface area contributed by atoms with E-state index in [0.29, 0.717) is 26.4 Å². The number of methoxy groups -OCH3 is 1. The largest absolute Gasteiger partial charge is 0.443 e. The molecule has 8 rings (SSSR count). The molecule has 5 unspecified atom stereocenters. The Morgan fingerprint density at radius 2 is 0.967 bits per heavy atom. The zero-order valence-electron chi connectivity index (χ0n) is 34.7. The van der Waals surface area contributed by atoms with Crippen molar-refractivity contribution in [3.63, 3.8) is 0 Å². The molecule has 11 nitrogen and oxygen atoms in total. The maximum atomic E-state index is 13.7. The fourth-order valence-corrected chi connectivity index (χ4v) is 8.27. The summed E-state index contributed by atoms with van der Waals surface area (Å²) >= 11 is 0. The van der Waals surface area contributed by atoms with Gasteiger partial charge in [0.25, 0.3) is 0 Å². The zero-order chi connectivity index (χ0) is 41.8. The molecule has 320 valence electrons. The van der Waals surface area contributed by atoms with E-state index in [2.05, 4.69) is 0 Å². The van der Waals surface area contributed by atoms with Gasteiger partial charge in [0, 0.05) is 19.6 Å². The van der Waals surface area contributed by atoms with Crippen LogP contribution >= 0.6 is 0 Å². The van der Waals surface area contributed by atoms with Crippen molar-refractivity contribution in [2.45, 2.75) is 95.1 Å². The molecule has 3 aliphatic heterocycles. The molecule has 10 atom stereocenters. The molecule has 0 spiro atoms. The molecule has 0 N–H and O–H groups in total. The minimum atomic E-state index is -0.892. The number of carbonyl (C=O) groups excluding carboxylic acids is 1. The summed E-state index contributed by atoms with van der Waals surface area (Å²) in [6, 6.07) is 49.2. The van der Waals surface area contributed by atoms with Crippen LogP contribution in [0, 0.1) is 5.92 Å². The standard InChI is InChI=1S/C50H55NO10/c1-35-41(33-54-29-37-20-10-4-11-21-37)59-48(43-44(35)61-50(52)51(43)28-36-18-8-3-9-19-36)58-34-42-45(55-30-38-22-12-5-13-23-38)46(56-31-39-24-14-6-15-25-39)47(49(53-2)60-42)57-32-40-26-16-7-17-27-40/h3-27,35,41-49H,28-34H2,1-2H3/t35-,41?,42?,43?,44-,45+,46-,47?,48?,49+/m0/s1. The number of carbonyl (C=O) groups is 1. The Balaban J connectivity index is 1.07. The molecular formula is C50H55NO10. The minimum Gasteiger partial charge on any atom is -0.443 e. The Kier molecular flexibility index (Phi) is 14.9. The van der Waals surface area contributed by atoms with Crippen molar-refractivity contribution in [3.8, 4) is 0 Å². The van der Waals surface area contributed by atoms with Crippen molar-refractivity contribution >= 4 is 6.09 Å². The van der Waals surface area contributed by atoms with Gasteiger partial charge in [-0.25, -0.2) is 4.79 Å². The Bertz CT molecular complexity index is 2050. The Labute approximate surface area is 358 Å². The number of fused-ring (bicyclic) bond motifs is 1. The van der Waals surface area contributed by atoms with Crippen LogP contribution in [0.5, 0.6) is 0 Å². The molecule has 61 heavy (non-hydrogen) atoms. The van der Waals surface area contributed by atoms with E-state index in [1.54, 1.807) is 12.0 Å². The smallest absolute Gasteiger partial charge is 0.410 e. The first kappa shape index (κ1) is 42.7. The van der Waals surface area contributed by atoms with Gasteiger partial charge in [0.1, 0.15) is 36.6 Å². The molecule has 3 saturated heterocycles. The molecule has 3 heterocycles. The predicted octanol–water partition coefficient (Wildman–Crippen LogP) is 8.10. The molecule has 3 aliphatic rings. The van der Waals surface area contributed by atoms with Crippen molar-refractivity contribution in [2.24, 2.45) is 5.92 Å². The number of benzene rings is 5. The van der Waals surface area contributed by atoms with Crippen LogP contribution in [-0.2, 0) is 75.6 Å². The van der Waals surface area contributed by atoms with E-state index in [0.717, 1.165) is 27.8 Å². The highest BCUT2D eigenvalue weighted by molar-refractivity contribution is 5.71. The van der Waals surface area contributed by atoms with Crippen molar-refractivity contribution in [2.75, 3.05) is 20.3 Å². The summed E-state index contributed by atoms with van der Waals surface area (Å²) < 4.78 is 59.1. The van der Waals surface area contributed by atoms with E-state index in [-0.39, 0.29) is 25.7 Å². The van der Waals surface area contributed by atoms with Crippen LogP contribution in [0.1, 0.15) is 34.7 Å². The van der Waals surface area contributed by atoms with Crippen LogP contribution in [0.2, 0.25) is 0 Å². The lowest BCUT2D eigenvalue weighted by atomic mass is 9.89.